The molecule has 0 radical (unpaired) electrons. The number of hydrogen-bond donors (Lipinski definition) is 1. The largest absolute Gasteiger partial charge is 0.497 e. The summed E-state index contributed by atoms with van der Waals surface area (Å²) in [6.45, 7) is 1.27. The van der Waals surface area contributed by atoms with Crippen molar-refractivity contribution in [2.45, 2.75) is 11.8 Å². The van der Waals surface area contributed by atoms with E-state index in [9.17, 15) is 18.0 Å². The maximum Gasteiger partial charge on any atom is 0.243 e. The minimum absolute atomic E-state index is 0.108. The van der Waals surface area contributed by atoms with Gasteiger partial charge in [0.05, 0.1) is 25.1 Å². The lowest BCUT2D eigenvalue weighted by atomic mass is 10.2. The van der Waals surface area contributed by atoms with Crippen molar-refractivity contribution in [1.29, 1.82) is 0 Å². The smallest absolute Gasteiger partial charge is 0.243 e. The second-order valence-electron chi connectivity index (χ2n) is 6.60. The molecule has 1 N–H and O–H groups in total. The minimum Gasteiger partial charge on any atom is -0.497 e. The van der Waals surface area contributed by atoms with Gasteiger partial charge in [-0.05, 0) is 31.2 Å². The van der Waals surface area contributed by atoms with Gasteiger partial charge >= 0.3 is 0 Å². The molecule has 0 spiro atoms. The van der Waals surface area contributed by atoms with E-state index in [1.54, 1.807) is 36.4 Å². The molecule has 0 saturated heterocycles. The quantitative estimate of drug-likeness (QED) is 0.703. The zero-order chi connectivity index (χ0) is 21.6. The van der Waals surface area contributed by atoms with Crippen LogP contribution >= 0.6 is 0 Å². The average molecular weight is 420 g/mol. The Hall–Kier alpha value is -2.91. The molecule has 29 heavy (non-hydrogen) atoms. The van der Waals surface area contributed by atoms with Gasteiger partial charge in [0.2, 0.25) is 21.8 Å². The normalized spacial score (nSPS) is 11.2. The lowest BCUT2D eigenvalue weighted by Gasteiger charge is -2.21. The summed E-state index contributed by atoms with van der Waals surface area (Å²) in [6.07, 6.45) is 0. The molecule has 0 atom stereocenters. The van der Waals surface area contributed by atoms with Crippen molar-refractivity contribution >= 4 is 27.5 Å². The van der Waals surface area contributed by atoms with Gasteiger partial charge in [0.15, 0.2) is 0 Å². The molecule has 0 fully saturated rings. The third-order valence-corrected chi connectivity index (χ3v) is 6.06. The van der Waals surface area contributed by atoms with Crippen LogP contribution in [0.4, 0.5) is 5.69 Å². The van der Waals surface area contributed by atoms with E-state index in [0.717, 1.165) is 9.87 Å². The summed E-state index contributed by atoms with van der Waals surface area (Å²) < 4.78 is 31.2. The highest BCUT2D eigenvalue weighted by atomic mass is 32.2. The Morgan fingerprint density at radius 2 is 1.69 bits per heavy atom. The van der Waals surface area contributed by atoms with Crippen LogP contribution in [0.3, 0.4) is 0 Å². The number of hydrogen-bond acceptors (Lipinski definition) is 5. The molecule has 156 valence electrons. The zero-order valence-corrected chi connectivity index (χ0v) is 17.7. The number of amides is 2. The second-order valence-corrected chi connectivity index (χ2v) is 8.65. The van der Waals surface area contributed by atoms with Gasteiger partial charge in [-0.1, -0.05) is 23.8 Å². The van der Waals surface area contributed by atoms with E-state index < -0.39 is 21.8 Å². The lowest BCUT2D eigenvalue weighted by molar-refractivity contribution is -0.133. The lowest BCUT2D eigenvalue weighted by Crippen LogP contribution is -2.42. The first-order valence-electron chi connectivity index (χ1n) is 8.84. The van der Waals surface area contributed by atoms with Crippen LogP contribution in [0.1, 0.15) is 5.56 Å². The Kier molecular flexibility index (Phi) is 7.35. The summed E-state index contributed by atoms with van der Waals surface area (Å²) in [5.74, 6) is -0.308. The predicted octanol–water partition coefficient (Wildman–Crippen LogP) is 1.72. The molecule has 0 aliphatic heterocycles. The molecule has 0 aromatic heterocycles. The van der Waals surface area contributed by atoms with Crippen LogP contribution in [0.15, 0.2) is 53.4 Å². The number of sulfonamides is 1. The zero-order valence-electron chi connectivity index (χ0n) is 16.9. The molecule has 0 saturated carbocycles. The Labute approximate surface area is 171 Å². The number of carbonyl (C=O) groups excluding carboxylic acids is 2. The first-order chi connectivity index (χ1) is 13.6. The molecule has 2 aromatic rings. The molecule has 2 aromatic carbocycles. The van der Waals surface area contributed by atoms with Crippen molar-refractivity contribution in [2.75, 3.05) is 39.6 Å². The van der Waals surface area contributed by atoms with Gasteiger partial charge < -0.3 is 15.0 Å². The number of methoxy groups -OCH3 is 1. The highest BCUT2D eigenvalue weighted by Gasteiger charge is 2.24. The van der Waals surface area contributed by atoms with Gasteiger partial charge in [-0.15, -0.1) is 0 Å². The van der Waals surface area contributed by atoms with Gasteiger partial charge in [-0.3, -0.25) is 9.59 Å². The molecule has 0 bridgehead atoms. The second kappa shape index (κ2) is 9.53. The number of likely N-dealkylation sites (N-methyl/N-ethyl adjacent to an activating group) is 2. The molecular formula is C20H25N3O5S. The summed E-state index contributed by atoms with van der Waals surface area (Å²) in [5, 5.41) is 2.67. The SMILES string of the molecule is COc1cccc(NC(=O)CN(C)C(=O)CN(C)S(=O)(=O)c2ccc(C)cc2)c1. The van der Waals surface area contributed by atoms with Crippen LogP contribution < -0.4 is 10.1 Å². The number of carbonyl (C=O) groups is 2. The van der Waals surface area contributed by atoms with Crippen molar-refractivity contribution in [3.05, 3.63) is 54.1 Å². The minimum atomic E-state index is -3.80. The first kappa shape index (κ1) is 22.4. The van der Waals surface area contributed by atoms with Crippen molar-refractivity contribution in [1.82, 2.24) is 9.21 Å². The maximum atomic E-state index is 12.6. The molecular weight excluding hydrogens is 394 g/mol. The number of benzene rings is 2. The van der Waals surface area contributed by atoms with E-state index in [1.165, 1.54) is 38.2 Å². The van der Waals surface area contributed by atoms with Crippen LogP contribution in [-0.2, 0) is 19.6 Å². The standard InChI is InChI=1S/C20H25N3O5S/c1-15-8-10-18(11-9-15)29(26,27)23(3)14-20(25)22(2)13-19(24)21-16-6-5-7-17(12-16)28-4/h5-12H,13-14H2,1-4H3,(H,21,24). The number of nitrogens with zero attached hydrogens (tertiary/aromatic N) is 2. The summed E-state index contributed by atoms with van der Waals surface area (Å²) in [5.41, 5.74) is 1.47. The predicted molar refractivity (Wildman–Crippen MR) is 110 cm³/mol. The van der Waals surface area contributed by atoms with Crippen molar-refractivity contribution < 1.29 is 22.7 Å². The van der Waals surface area contributed by atoms with Gasteiger partial charge in [-0.25, -0.2) is 8.42 Å². The monoisotopic (exact) mass is 419 g/mol. The molecule has 2 rings (SSSR count). The fourth-order valence-corrected chi connectivity index (χ4v) is 3.61. The van der Waals surface area contributed by atoms with Crippen LogP contribution in [0.5, 0.6) is 5.75 Å². The highest BCUT2D eigenvalue weighted by Crippen LogP contribution is 2.17. The number of anilines is 1. The number of aryl methyl sites for hydroxylation is 1. The van der Waals surface area contributed by atoms with Crippen LogP contribution in [0.25, 0.3) is 0 Å². The number of rotatable bonds is 8. The Morgan fingerprint density at radius 1 is 1.03 bits per heavy atom. The summed E-state index contributed by atoms with van der Waals surface area (Å²) >= 11 is 0. The summed E-state index contributed by atoms with van der Waals surface area (Å²) in [4.78, 5) is 25.9. The maximum absolute atomic E-state index is 12.6. The fourth-order valence-electron chi connectivity index (χ4n) is 2.49. The fraction of sp³-hybridized carbons (Fsp3) is 0.300. The van der Waals surface area contributed by atoms with Crippen molar-refractivity contribution in [3.63, 3.8) is 0 Å². The molecule has 0 aliphatic rings. The third kappa shape index (κ3) is 6.03. The van der Waals surface area contributed by atoms with Crippen LogP contribution in [-0.4, -0.2) is 63.7 Å². The molecule has 8 nitrogen and oxygen atoms in total. The van der Waals surface area contributed by atoms with Crippen LogP contribution in [0.2, 0.25) is 0 Å². The van der Waals surface area contributed by atoms with Gasteiger partial charge in [0.25, 0.3) is 0 Å². The van der Waals surface area contributed by atoms with Gasteiger partial charge in [0.1, 0.15) is 5.75 Å². The van der Waals surface area contributed by atoms with Crippen LogP contribution in [0, 0.1) is 6.92 Å². The molecule has 9 heteroatoms. The number of nitrogens with one attached hydrogen (secondary N) is 1. The topological polar surface area (TPSA) is 96.0 Å². The van der Waals surface area contributed by atoms with E-state index in [-0.39, 0.29) is 18.0 Å². The molecule has 0 aliphatic carbocycles. The van der Waals surface area contributed by atoms with Crippen molar-refractivity contribution in [3.8, 4) is 5.75 Å². The number of ether oxygens (including phenoxy) is 1. The van der Waals surface area contributed by atoms with E-state index in [0.29, 0.717) is 11.4 Å². The van der Waals surface area contributed by atoms with Gasteiger partial charge in [-0.2, -0.15) is 4.31 Å². The highest BCUT2D eigenvalue weighted by molar-refractivity contribution is 7.89. The van der Waals surface area contributed by atoms with Crippen molar-refractivity contribution in [2.24, 2.45) is 0 Å². The molecule has 0 unspecified atom stereocenters. The van der Waals surface area contributed by atoms with E-state index in [1.807, 2.05) is 6.92 Å². The molecule has 0 heterocycles. The Bertz CT molecular complexity index is 974. The summed E-state index contributed by atoms with van der Waals surface area (Å²) in [7, 11) is 0.500. The Balaban J connectivity index is 1.95. The van der Waals surface area contributed by atoms with Gasteiger partial charge in [0, 0.05) is 25.8 Å². The van der Waals surface area contributed by atoms with E-state index in [4.69, 9.17) is 4.74 Å². The first-order valence-corrected chi connectivity index (χ1v) is 10.3. The third-order valence-electron chi connectivity index (χ3n) is 4.25. The Morgan fingerprint density at radius 3 is 2.31 bits per heavy atom. The average Bonchev–Trinajstić information content (AvgIpc) is 2.68. The summed E-state index contributed by atoms with van der Waals surface area (Å²) in [6, 6.07) is 13.2. The molecule has 2 amide bonds. The van der Waals surface area contributed by atoms with E-state index in [2.05, 4.69) is 5.32 Å². The van der Waals surface area contributed by atoms with E-state index >= 15 is 0 Å².